The van der Waals surface area contributed by atoms with E-state index in [2.05, 4.69) is 10.2 Å². The van der Waals surface area contributed by atoms with Crippen molar-refractivity contribution in [1.82, 2.24) is 10.2 Å². The zero-order valence-corrected chi connectivity index (χ0v) is 15.4. The number of nitrogens with one attached hydrogen (secondary N) is 1. The van der Waals surface area contributed by atoms with E-state index in [9.17, 15) is 30.0 Å². The second kappa shape index (κ2) is 5.25. The minimum atomic E-state index is -2.15. The van der Waals surface area contributed by atoms with Gasteiger partial charge >= 0.3 is 0 Å². The summed E-state index contributed by atoms with van der Waals surface area (Å²) in [4.78, 5) is 24.8. The second-order valence-corrected chi connectivity index (χ2v) is 8.18. The Labute approximate surface area is 164 Å². The third-order valence-electron chi connectivity index (χ3n) is 6.70. The minimum Gasteiger partial charge on any atom is -0.511 e. The highest BCUT2D eigenvalue weighted by Gasteiger charge is 2.61. The van der Waals surface area contributed by atoms with Crippen molar-refractivity contribution in [3.05, 3.63) is 46.4 Å². The Bertz CT molecular complexity index is 1150. The molecule has 150 valence electrons. The van der Waals surface area contributed by atoms with E-state index in [1.807, 2.05) is 0 Å². The summed E-state index contributed by atoms with van der Waals surface area (Å²) in [6.07, 6.45) is 0.00769. The van der Waals surface area contributed by atoms with Crippen LogP contribution in [0.15, 0.2) is 29.5 Å². The molecule has 1 aromatic heterocycles. The number of amides is 1. The molecule has 0 aliphatic heterocycles. The number of fused-ring (bicyclic) bond motifs is 4. The Morgan fingerprint density at radius 3 is 2.72 bits per heavy atom. The summed E-state index contributed by atoms with van der Waals surface area (Å²) in [5.74, 6) is -4.02. The molecule has 9 heteroatoms. The van der Waals surface area contributed by atoms with Crippen molar-refractivity contribution >= 4 is 11.7 Å². The van der Waals surface area contributed by atoms with Crippen molar-refractivity contribution in [3.8, 4) is 17.0 Å². The molecule has 0 radical (unpaired) electrons. The number of phenols is 1. The molecule has 1 heterocycles. The topological polar surface area (TPSA) is 170 Å². The number of hydrogen-bond acceptors (Lipinski definition) is 7. The number of aliphatic hydroxyl groups excluding tert-OH is 1. The number of rotatable bonds is 1. The maximum Gasteiger partial charge on any atom is 0.255 e. The second-order valence-electron chi connectivity index (χ2n) is 8.18. The van der Waals surface area contributed by atoms with Crippen LogP contribution in [0.2, 0.25) is 0 Å². The number of benzene rings is 1. The van der Waals surface area contributed by atoms with Gasteiger partial charge in [0.15, 0.2) is 5.60 Å². The highest BCUT2D eigenvalue weighted by molar-refractivity contribution is 6.23. The average Bonchev–Trinajstić information content (AvgIpc) is 3.07. The molecule has 1 amide bonds. The van der Waals surface area contributed by atoms with Crippen molar-refractivity contribution in [3.63, 3.8) is 0 Å². The molecule has 3 aliphatic rings. The van der Waals surface area contributed by atoms with Gasteiger partial charge in [-0.25, -0.2) is 0 Å². The van der Waals surface area contributed by atoms with Gasteiger partial charge in [0.1, 0.15) is 22.8 Å². The summed E-state index contributed by atoms with van der Waals surface area (Å²) < 4.78 is 0. The molecule has 0 fully saturated rings. The lowest BCUT2D eigenvalue weighted by Crippen LogP contribution is -2.54. The van der Waals surface area contributed by atoms with Gasteiger partial charge in [0.25, 0.3) is 5.91 Å². The highest BCUT2D eigenvalue weighted by Crippen LogP contribution is 2.61. The van der Waals surface area contributed by atoms with Gasteiger partial charge < -0.3 is 26.2 Å². The number of aromatic nitrogens is 2. The molecule has 4 atom stereocenters. The number of aromatic amines is 1. The fourth-order valence-electron chi connectivity index (χ4n) is 5.30. The number of carbonyl (C=O) groups is 2. The van der Waals surface area contributed by atoms with E-state index in [4.69, 9.17) is 5.73 Å². The smallest absolute Gasteiger partial charge is 0.255 e. The molecule has 29 heavy (non-hydrogen) atoms. The summed E-state index contributed by atoms with van der Waals surface area (Å²) in [7, 11) is 0. The predicted octanol–water partition coefficient (Wildman–Crippen LogP) is 0.565. The molecule has 5 rings (SSSR count). The number of nitrogens with zero attached hydrogens (tertiary/aromatic N) is 1. The van der Waals surface area contributed by atoms with Gasteiger partial charge in [-0.3, -0.25) is 14.7 Å². The fraction of sp³-hybridized carbons (Fsp3) is 0.350. The molecular formula is C20H19N3O6. The Hall–Kier alpha value is -3.17. The van der Waals surface area contributed by atoms with Crippen molar-refractivity contribution < 1.29 is 30.0 Å². The maximum absolute atomic E-state index is 13.1. The Morgan fingerprint density at radius 1 is 1.31 bits per heavy atom. The van der Waals surface area contributed by atoms with Crippen LogP contribution in [0.1, 0.15) is 42.5 Å². The van der Waals surface area contributed by atoms with E-state index >= 15 is 0 Å². The van der Waals surface area contributed by atoms with Crippen LogP contribution in [0.3, 0.4) is 0 Å². The van der Waals surface area contributed by atoms with E-state index in [1.165, 1.54) is 6.07 Å². The number of H-pyrrole nitrogens is 1. The van der Waals surface area contributed by atoms with E-state index in [-0.39, 0.29) is 24.3 Å². The Balaban J connectivity index is 1.81. The first-order chi connectivity index (χ1) is 13.6. The van der Waals surface area contributed by atoms with Gasteiger partial charge in [0.2, 0.25) is 5.78 Å². The first-order valence-electron chi connectivity index (χ1n) is 9.23. The lowest BCUT2D eigenvalue weighted by Gasteiger charge is -2.49. The van der Waals surface area contributed by atoms with Gasteiger partial charge in [-0.2, -0.15) is 5.10 Å². The fourth-order valence-corrected chi connectivity index (χ4v) is 5.30. The molecule has 9 nitrogen and oxygen atoms in total. The van der Waals surface area contributed by atoms with Crippen LogP contribution in [0.4, 0.5) is 0 Å². The third-order valence-corrected chi connectivity index (χ3v) is 6.70. The van der Waals surface area contributed by atoms with Gasteiger partial charge in [0, 0.05) is 23.8 Å². The molecule has 2 aromatic rings. The zero-order valence-electron chi connectivity index (χ0n) is 15.4. The SMILES string of the molecule is C[C@@]1(O)c2cccc(O)c2-c2n[nH]c3c2C1CC1CC(O)=C(C(N)=O)C(=O)[C@@]31O. The Morgan fingerprint density at radius 2 is 2.03 bits per heavy atom. The van der Waals surface area contributed by atoms with E-state index < -0.39 is 46.1 Å². The van der Waals surface area contributed by atoms with Crippen molar-refractivity contribution in [2.75, 3.05) is 0 Å². The van der Waals surface area contributed by atoms with E-state index in [0.29, 0.717) is 22.4 Å². The number of aliphatic hydroxyl groups is 3. The van der Waals surface area contributed by atoms with Crippen LogP contribution in [-0.2, 0) is 20.8 Å². The summed E-state index contributed by atoms with van der Waals surface area (Å²) in [5.41, 5.74) is 2.68. The number of phenolic OH excluding ortho intramolecular Hbond substituents is 1. The molecule has 2 unspecified atom stereocenters. The van der Waals surface area contributed by atoms with Crippen molar-refractivity contribution in [2.45, 2.75) is 36.9 Å². The summed E-state index contributed by atoms with van der Waals surface area (Å²) >= 11 is 0. The lowest BCUT2D eigenvalue weighted by molar-refractivity contribution is -0.149. The largest absolute Gasteiger partial charge is 0.511 e. The number of aromatic hydroxyl groups is 1. The van der Waals surface area contributed by atoms with Crippen LogP contribution in [0.5, 0.6) is 5.75 Å². The van der Waals surface area contributed by atoms with Crippen molar-refractivity contribution in [2.24, 2.45) is 11.7 Å². The van der Waals surface area contributed by atoms with Crippen LogP contribution in [0, 0.1) is 5.92 Å². The summed E-state index contributed by atoms with van der Waals surface area (Å²) in [6.45, 7) is 1.61. The third kappa shape index (κ3) is 1.93. The molecule has 0 spiro atoms. The van der Waals surface area contributed by atoms with Gasteiger partial charge in [-0.15, -0.1) is 0 Å². The van der Waals surface area contributed by atoms with Crippen LogP contribution >= 0.6 is 0 Å². The van der Waals surface area contributed by atoms with Gasteiger partial charge in [0.05, 0.1) is 16.9 Å². The normalized spacial score (nSPS) is 32.4. The molecule has 7 N–H and O–H groups in total. The number of allylic oxidation sites excluding steroid dienone is 1. The number of carbonyl (C=O) groups excluding carboxylic acids is 2. The first kappa shape index (κ1) is 17.9. The summed E-state index contributed by atoms with van der Waals surface area (Å²) in [5, 5.41) is 50.5. The zero-order chi connectivity index (χ0) is 20.9. The molecular weight excluding hydrogens is 378 g/mol. The molecule has 3 aliphatic carbocycles. The van der Waals surface area contributed by atoms with Crippen LogP contribution in [0.25, 0.3) is 11.3 Å². The number of primary amides is 1. The van der Waals surface area contributed by atoms with Crippen LogP contribution < -0.4 is 5.73 Å². The number of ketones is 1. The molecule has 0 bridgehead atoms. The Kier molecular flexibility index (Phi) is 3.24. The maximum atomic E-state index is 13.1. The predicted molar refractivity (Wildman–Crippen MR) is 98.5 cm³/mol. The van der Waals surface area contributed by atoms with Gasteiger partial charge in [-0.1, -0.05) is 12.1 Å². The lowest BCUT2D eigenvalue weighted by atomic mass is 9.57. The van der Waals surface area contributed by atoms with Crippen molar-refractivity contribution in [1.29, 1.82) is 0 Å². The number of hydrogen-bond donors (Lipinski definition) is 6. The monoisotopic (exact) mass is 397 g/mol. The minimum absolute atomic E-state index is 0.0548. The van der Waals surface area contributed by atoms with E-state index in [1.54, 1.807) is 19.1 Å². The molecule has 0 saturated heterocycles. The van der Waals surface area contributed by atoms with Gasteiger partial charge in [-0.05, 0) is 25.0 Å². The first-order valence-corrected chi connectivity index (χ1v) is 9.23. The average molecular weight is 397 g/mol. The van der Waals surface area contributed by atoms with E-state index in [0.717, 1.165) is 0 Å². The van der Waals surface area contributed by atoms with Crippen LogP contribution in [-0.4, -0.2) is 42.3 Å². The molecule has 0 saturated carbocycles. The quantitative estimate of drug-likeness (QED) is 0.382. The number of nitrogens with two attached hydrogens (primary N) is 1. The number of Topliss-reactive ketones (excluding diaryl/α,β-unsaturated/α-hetero) is 1. The standard InChI is InChI=1S/C20H19N3O6/c1-19(28)8-3-2-4-10(24)12(8)15-13-9(19)5-7-6-11(25)14(18(21)27)17(26)20(7,29)16(13)23-22-15/h2-4,7,9,24-25,28-29H,5-6H2,1H3,(H2,21,27)(H,22,23)/t7?,9?,19-,20+/m1/s1. The molecule has 1 aromatic carbocycles. The summed E-state index contributed by atoms with van der Waals surface area (Å²) in [6, 6.07) is 4.79. The highest BCUT2D eigenvalue weighted by atomic mass is 16.3.